The Bertz CT molecular complexity index is 1140. The van der Waals surface area contributed by atoms with Gasteiger partial charge in [0.15, 0.2) is 5.79 Å². The molecule has 0 unspecified atom stereocenters. The van der Waals surface area contributed by atoms with Crippen LogP contribution in [0.5, 0.6) is 0 Å². The lowest BCUT2D eigenvalue weighted by atomic mass is 9.95. The van der Waals surface area contributed by atoms with Crippen LogP contribution in [0.15, 0.2) is 24.3 Å². The maximum Gasteiger partial charge on any atom is 0.523 e. The van der Waals surface area contributed by atoms with E-state index in [-0.39, 0.29) is 17.5 Å². The lowest BCUT2D eigenvalue weighted by Gasteiger charge is -2.23. The van der Waals surface area contributed by atoms with E-state index >= 15 is 0 Å². The van der Waals surface area contributed by atoms with Gasteiger partial charge in [-0.3, -0.25) is 4.18 Å². The number of nitrogens with zero attached hydrogens (tertiary/aromatic N) is 1. The molecule has 1 saturated carbocycles. The van der Waals surface area contributed by atoms with E-state index < -0.39 is 39.7 Å². The predicted octanol–water partition coefficient (Wildman–Crippen LogP) is 5.25. The molecular weight excluding hydrogens is 494 g/mol. The van der Waals surface area contributed by atoms with E-state index in [4.69, 9.17) is 32.7 Å². The Balaban J connectivity index is 1.51. The Labute approximate surface area is 193 Å². The molecular formula is C20H20Cl2F3NO5S. The highest BCUT2D eigenvalue weighted by Gasteiger charge is 2.58. The number of pyridine rings is 1. The van der Waals surface area contributed by atoms with Crippen LogP contribution in [-0.2, 0) is 30.2 Å². The summed E-state index contributed by atoms with van der Waals surface area (Å²) in [5.41, 5.74) is -3.90. The molecule has 0 N–H and O–H groups in total. The van der Waals surface area contributed by atoms with Gasteiger partial charge in [0.1, 0.15) is 17.4 Å². The second kappa shape index (κ2) is 8.25. The molecule has 2 aromatic rings. The van der Waals surface area contributed by atoms with Crippen molar-refractivity contribution in [1.82, 2.24) is 4.98 Å². The van der Waals surface area contributed by atoms with Gasteiger partial charge in [-0.25, -0.2) is 4.98 Å². The number of rotatable bonds is 5. The molecule has 1 aromatic carbocycles. The van der Waals surface area contributed by atoms with Gasteiger partial charge in [-0.05, 0) is 56.7 Å². The first-order chi connectivity index (χ1) is 14.8. The summed E-state index contributed by atoms with van der Waals surface area (Å²) < 4.78 is 77.7. The highest BCUT2D eigenvalue weighted by atomic mass is 35.5. The van der Waals surface area contributed by atoms with Gasteiger partial charge in [-0.15, -0.1) is 0 Å². The number of benzene rings is 1. The maximum atomic E-state index is 12.8. The summed E-state index contributed by atoms with van der Waals surface area (Å²) >= 11 is 12.0. The molecule has 1 aliphatic heterocycles. The first kappa shape index (κ1) is 24.0. The Morgan fingerprint density at radius 2 is 1.88 bits per heavy atom. The zero-order valence-corrected chi connectivity index (χ0v) is 19.4. The molecule has 2 heterocycles. The van der Waals surface area contributed by atoms with Crippen LogP contribution in [-0.4, -0.2) is 43.0 Å². The van der Waals surface area contributed by atoms with E-state index in [2.05, 4.69) is 9.17 Å². The van der Waals surface area contributed by atoms with Gasteiger partial charge in [0.2, 0.25) is 0 Å². The molecule has 6 nitrogen and oxygen atoms in total. The number of alkyl halides is 3. The molecule has 1 aliphatic carbocycles. The molecule has 12 heteroatoms. The van der Waals surface area contributed by atoms with Gasteiger partial charge in [-0.2, -0.15) is 21.6 Å². The van der Waals surface area contributed by atoms with Gasteiger partial charge in [0.05, 0.1) is 16.6 Å². The fraction of sp³-hybridized carbons (Fsp3) is 0.550. The van der Waals surface area contributed by atoms with Gasteiger partial charge in [-0.1, -0.05) is 35.3 Å². The minimum atomic E-state index is -5.75. The van der Waals surface area contributed by atoms with E-state index in [0.29, 0.717) is 23.4 Å². The van der Waals surface area contributed by atoms with E-state index in [1.807, 2.05) is 18.2 Å². The van der Waals surface area contributed by atoms with Gasteiger partial charge in [0, 0.05) is 5.39 Å². The molecule has 4 rings (SSSR count). The van der Waals surface area contributed by atoms with Crippen molar-refractivity contribution in [2.45, 2.75) is 62.7 Å². The molecule has 0 bridgehead atoms. The highest BCUT2D eigenvalue weighted by molar-refractivity contribution is 7.87. The van der Waals surface area contributed by atoms with Crippen molar-refractivity contribution in [3.8, 4) is 0 Å². The Kier molecular flexibility index (Phi) is 6.18. The quantitative estimate of drug-likeness (QED) is 0.308. The van der Waals surface area contributed by atoms with E-state index in [0.717, 1.165) is 10.9 Å². The molecule has 0 radical (unpaired) electrons. The molecule has 1 aromatic heterocycles. The zero-order valence-electron chi connectivity index (χ0n) is 17.0. The third-order valence-corrected chi connectivity index (χ3v) is 7.40. The number of aromatic nitrogens is 1. The fourth-order valence-electron chi connectivity index (χ4n) is 4.30. The Morgan fingerprint density at radius 3 is 2.56 bits per heavy atom. The van der Waals surface area contributed by atoms with Crippen LogP contribution < -0.4 is 0 Å². The molecule has 1 saturated heterocycles. The summed E-state index contributed by atoms with van der Waals surface area (Å²) in [4.78, 5) is 4.26. The summed E-state index contributed by atoms with van der Waals surface area (Å²) in [5, 5.41) is 1.37. The van der Waals surface area contributed by atoms with Crippen molar-refractivity contribution in [2.24, 2.45) is 5.92 Å². The molecule has 2 aliphatic rings. The minimum absolute atomic E-state index is 0.0635. The maximum absolute atomic E-state index is 12.8. The van der Waals surface area contributed by atoms with Crippen LogP contribution in [0.25, 0.3) is 10.9 Å². The van der Waals surface area contributed by atoms with Crippen molar-refractivity contribution >= 4 is 44.2 Å². The normalized spacial score (nSPS) is 27.7. The summed E-state index contributed by atoms with van der Waals surface area (Å²) in [5.74, 6) is -1.31. The van der Waals surface area contributed by atoms with Crippen molar-refractivity contribution in [2.75, 3.05) is 0 Å². The van der Waals surface area contributed by atoms with Gasteiger partial charge in [0.25, 0.3) is 0 Å². The largest absolute Gasteiger partial charge is 0.523 e. The first-order valence-electron chi connectivity index (χ1n) is 9.86. The number of hydrogen-bond acceptors (Lipinski definition) is 6. The second-order valence-corrected chi connectivity index (χ2v) is 10.8. The number of fused-ring (bicyclic) bond motifs is 2. The summed E-state index contributed by atoms with van der Waals surface area (Å²) in [7, 11) is -5.75. The van der Waals surface area contributed by atoms with Crippen LogP contribution in [0.4, 0.5) is 13.2 Å². The van der Waals surface area contributed by atoms with E-state index in [9.17, 15) is 21.6 Å². The van der Waals surface area contributed by atoms with E-state index in [1.54, 1.807) is 19.9 Å². The summed E-state index contributed by atoms with van der Waals surface area (Å²) in [6.07, 6.45) is -1.61. The summed E-state index contributed by atoms with van der Waals surface area (Å²) in [6, 6.07) is 7.34. The molecule has 4 atom stereocenters. The number of ether oxygens (including phenoxy) is 2. The predicted molar refractivity (Wildman–Crippen MR) is 112 cm³/mol. The molecule has 0 spiro atoms. The Hall–Kier alpha value is -1.17. The number of halogens is 5. The van der Waals surface area contributed by atoms with Crippen molar-refractivity contribution in [1.29, 1.82) is 0 Å². The topological polar surface area (TPSA) is 74.7 Å². The lowest BCUT2D eigenvalue weighted by molar-refractivity contribution is -0.165. The van der Waals surface area contributed by atoms with Crippen molar-refractivity contribution in [3.63, 3.8) is 0 Å². The molecule has 32 heavy (non-hydrogen) atoms. The molecule has 2 fully saturated rings. The highest BCUT2D eigenvalue weighted by Crippen LogP contribution is 2.45. The number of hydrogen-bond donors (Lipinski definition) is 0. The van der Waals surface area contributed by atoms with Gasteiger partial charge < -0.3 is 9.47 Å². The monoisotopic (exact) mass is 513 g/mol. The lowest BCUT2D eigenvalue weighted by Crippen LogP contribution is -2.36. The minimum Gasteiger partial charge on any atom is -0.344 e. The average molecular weight is 514 g/mol. The van der Waals surface area contributed by atoms with Crippen LogP contribution >= 0.6 is 23.2 Å². The standard InChI is InChI=1S/C20H20Cl2F3NO5S/c1-19(2)29-16-12(9-15(17(16)30-19)31-32(27,28)20(23,24)25)6-4-10-3-5-11-8-13(21)18(22)26-14(11)7-10/h3,5,7-8,12,15-17H,4,6,9H2,1-2H3/t12-,15-,16+,17-/m0/s1. The van der Waals surface area contributed by atoms with Crippen LogP contribution in [0.3, 0.4) is 0 Å². The van der Waals surface area contributed by atoms with E-state index in [1.165, 1.54) is 0 Å². The van der Waals surface area contributed by atoms with Crippen LogP contribution in [0.1, 0.15) is 32.3 Å². The van der Waals surface area contributed by atoms with Crippen LogP contribution in [0, 0.1) is 5.92 Å². The van der Waals surface area contributed by atoms with Gasteiger partial charge >= 0.3 is 15.6 Å². The van der Waals surface area contributed by atoms with Crippen LogP contribution in [0.2, 0.25) is 10.2 Å². The van der Waals surface area contributed by atoms with Crippen molar-refractivity contribution < 1.29 is 35.2 Å². The number of aryl methyl sites for hydroxylation is 1. The average Bonchev–Trinajstić information content (AvgIpc) is 3.13. The third kappa shape index (κ3) is 4.71. The molecule has 0 amide bonds. The SMILES string of the molecule is CC1(C)O[C@@H]2[C@@H](CCc3ccc4cc(Cl)c(Cl)nc4c3)C[C@H](OS(=O)(=O)C(F)(F)F)[C@@H]2O1. The van der Waals surface area contributed by atoms with Crippen molar-refractivity contribution in [3.05, 3.63) is 40.0 Å². The zero-order chi connectivity index (χ0) is 23.5. The first-order valence-corrected chi connectivity index (χ1v) is 12.0. The third-order valence-electron chi connectivity index (χ3n) is 5.66. The molecule has 176 valence electrons. The summed E-state index contributed by atoms with van der Waals surface area (Å²) in [6.45, 7) is 3.25. The second-order valence-electron chi connectivity index (χ2n) is 8.42. The fourth-order valence-corrected chi connectivity index (χ4v) is 5.23. The smallest absolute Gasteiger partial charge is 0.344 e. The Morgan fingerprint density at radius 1 is 1.19 bits per heavy atom.